The Balaban J connectivity index is 1.79. The third kappa shape index (κ3) is 4.46. The summed E-state index contributed by atoms with van der Waals surface area (Å²) in [4.78, 5) is 28.7. The van der Waals surface area contributed by atoms with Crippen molar-refractivity contribution in [2.45, 2.75) is 47.1 Å². The van der Waals surface area contributed by atoms with Gasteiger partial charge in [-0.3, -0.25) is 9.59 Å². The molecule has 0 aliphatic carbocycles. The molecule has 1 N–H and O–H groups in total. The molecule has 34 heavy (non-hydrogen) atoms. The molecule has 0 unspecified atom stereocenters. The van der Waals surface area contributed by atoms with Crippen LogP contribution < -0.4 is 15.0 Å². The molecule has 0 fully saturated rings. The maximum atomic E-state index is 13.7. The Bertz CT molecular complexity index is 1260. The SMILES string of the molecule is CCc1ccc(NC2=C(c3ccc(OC(C)C)cc3)C(=O)N(c3cccc(C)c3C)C2=O)cc1. The molecule has 0 saturated heterocycles. The third-order valence-corrected chi connectivity index (χ3v) is 6.05. The molecule has 0 bridgehead atoms. The third-order valence-electron chi connectivity index (χ3n) is 6.05. The summed E-state index contributed by atoms with van der Waals surface area (Å²) in [7, 11) is 0. The van der Waals surface area contributed by atoms with Crippen LogP contribution in [0.5, 0.6) is 5.75 Å². The molecule has 3 aromatic carbocycles. The zero-order chi connectivity index (χ0) is 24.4. The number of benzene rings is 3. The predicted octanol–water partition coefficient (Wildman–Crippen LogP) is 6.05. The van der Waals surface area contributed by atoms with Crippen molar-refractivity contribution in [3.63, 3.8) is 0 Å². The molecule has 0 aromatic heterocycles. The van der Waals surface area contributed by atoms with E-state index < -0.39 is 0 Å². The van der Waals surface area contributed by atoms with Crippen LogP contribution in [0.25, 0.3) is 5.57 Å². The van der Waals surface area contributed by atoms with Gasteiger partial charge in [-0.2, -0.15) is 0 Å². The van der Waals surface area contributed by atoms with E-state index in [1.165, 1.54) is 10.5 Å². The van der Waals surface area contributed by atoms with Gasteiger partial charge < -0.3 is 10.1 Å². The maximum absolute atomic E-state index is 13.7. The molecule has 174 valence electrons. The summed E-state index contributed by atoms with van der Waals surface area (Å²) >= 11 is 0. The maximum Gasteiger partial charge on any atom is 0.282 e. The molecule has 2 amide bonds. The number of hydrogen-bond acceptors (Lipinski definition) is 4. The number of nitrogens with one attached hydrogen (secondary N) is 1. The second-order valence-electron chi connectivity index (χ2n) is 8.78. The van der Waals surface area contributed by atoms with E-state index in [-0.39, 0.29) is 23.6 Å². The second-order valence-corrected chi connectivity index (χ2v) is 8.78. The Morgan fingerprint density at radius 2 is 1.56 bits per heavy atom. The number of hydrogen-bond donors (Lipinski definition) is 1. The molecular weight excluding hydrogens is 424 g/mol. The fourth-order valence-corrected chi connectivity index (χ4v) is 4.05. The van der Waals surface area contributed by atoms with Crippen molar-refractivity contribution in [3.05, 3.63) is 94.7 Å². The smallest absolute Gasteiger partial charge is 0.282 e. The summed E-state index contributed by atoms with van der Waals surface area (Å²) in [6, 6.07) is 20.9. The van der Waals surface area contributed by atoms with Crippen molar-refractivity contribution >= 4 is 28.8 Å². The summed E-state index contributed by atoms with van der Waals surface area (Å²) in [5, 5.41) is 3.24. The van der Waals surface area contributed by atoms with Crippen molar-refractivity contribution in [2.75, 3.05) is 10.2 Å². The van der Waals surface area contributed by atoms with E-state index in [0.29, 0.717) is 22.6 Å². The Kier molecular flexibility index (Phi) is 6.55. The number of amides is 2. The normalized spacial score (nSPS) is 13.8. The number of imide groups is 1. The summed E-state index contributed by atoms with van der Waals surface area (Å²) in [6.07, 6.45) is 0.972. The number of rotatable bonds is 7. The number of anilines is 2. The van der Waals surface area contributed by atoms with Gasteiger partial charge in [0.2, 0.25) is 0 Å². The lowest BCUT2D eigenvalue weighted by atomic mass is 10.0. The Hall–Kier alpha value is -3.86. The van der Waals surface area contributed by atoms with Gasteiger partial charge in [-0.25, -0.2) is 4.90 Å². The highest BCUT2D eigenvalue weighted by molar-refractivity contribution is 6.46. The molecule has 5 nitrogen and oxygen atoms in total. The van der Waals surface area contributed by atoms with Crippen LogP contribution in [-0.4, -0.2) is 17.9 Å². The zero-order valence-electron chi connectivity index (χ0n) is 20.3. The van der Waals surface area contributed by atoms with Crippen molar-refractivity contribution in [3.8, 4) is 5.75 Å². The van der Waals surface area contributed by atoms with Crippen molar-refractivity contribution in [2.24, 2.45) is 0 Å². The Labute approximate surface area is 201 Å². The van der Waals surface area contributed by atoms with E-state index >= 15 is 0 Å². The average molecular weight is 455 g/mol. The molecule has 0 spiro atoms. The Morgan fingerprint density at radius 3 is 2.18 bits per heavy atom. The van der Waals surface area contributed by atoms with Crippen molar-refractivity contribution in [1.29, 1.82) is 0 Å². The summed E-state index contributed by atoms with van der Waals surface area (Å²) in [5.74, 6) is 0.00634. The molecule has 1 aliphatic rings. The molecule has 1 aliphatic heterocycles. The van der Waals surface area contributed by atoms with Crippen LogP contribution in [0.2, 0.25) is 0 Å². The standard InChI is InChI=1S/C29H30N2O3/c1-6-21-10-14-23(15-11-21)30-27-26(22-12-16-24(17-13-22)34-18(2)3)28(32)31(29(27)33)25-9-7-8-19(4)20(25)5/h7-18,30H,6H2,1-5H3. The lowest BCUT2D eigenvalue weighted by Gasteiger charge is -2.19. The quantitative estimate of drug-likeness (QED) is 0.442. The predicted molar refractivity (Wildman–Crippen MR) is 137 cm³/mol. The largest absolute Gasteiger partial charge is 0.491 e. The van der Waals surface area contributed by atoms with Gasteiger partial charge in [0.15, 0.2) is 0 Å². The van der Waals surface area contributed by atoms with Gasteiger partial charge >= 0.3 is 0 Å². The Morgan fingerprint density at radius 1 is 0.882 bits per heavy atom. The highest BCUT2D eigenvalue weighted by atomic mass is 16.5. The van der Waals surface area contributed by atoms with E-state index in [1.807, 2.05) is 94.4 Å². The van der Waals surface area contributed by atoms with Crippen LogP contribution in [0.15, 0.2) is 72.4 Å². The van der Waals surface area contributed by atoms with Crippen LogP contribution >= 0.6 is 0 Å². The van der Waals surface area contributed by atoms with Gasteiger partial charge in [-0.05, 0) is 86.7 Å². The minimum absolute atomic E-state index is 0.0443. The highest BCUT2D eigenvalue weighted by Gasteiger charge is 2.41. The topological polar surface area (TPSA) is 58.6 Å². The fourth-order valence-electron chi connectivity index (χ4n) is 4.05. The zero-order valence-corrected chi connectivity index (χ0v) is 20.3. The van der Waals surface area contributed by atoms with Crippen molar-refractivity contribution in [1.82, 2.24) is 0 Å². The van der Waals surface area contributed by atoms with Crippen LogP contribution in [0.4, 0.5) is 11.4 Å². The molecule has 1 heterocycles. The minimum atomic E-state index is -0.365. The van der Waals surface area contributed by atoms with Crippen LogP contribution in [0.1, 0.15) is 43.0 Å². The first-order valence-electron chi connectivity index (χ1n) is 11.6. The number of carbonyl (C=O) groups is 2. The molecule has 3 aromatic rings. The lowest BCUT2D eigenvalue weighted by molar-refractivity contribution is -0.120. The number of carbonyl (C=O) groups excluding carboxylic acids is 2. The van der Waals surface area contributed by atoms with Gasteiger partial charge in [0.1, 0.15) is 11.4 Å². The van der Waals surface area contributed by atoms with Crippen LogP contribution in [0, 0.1) is 13.8 Å². The second kappa shape index (κ2) is 9.56. The highest BCUT2D eigenvalue weighted by Crippen LogP contribution is 2.36. The van der Waals surface area contributed by atoms with E-state index in [0.717, 1.165) is 23.2 Å². The van der Waals surface area contributed by atoms with Gasteiger partial charge in [0.05, 0.1) is 17.4 Å². The minimum Gasteiger partial charge on any atom is -0.491 e. The van der Waals surface area contributed by atoms with Gasteiger partial charge in [-0.15, -0.1) is 0 Å². The fraction of sp³-hybridized carbons (Fsp3) is 0.241. The summed E-state index contributed by atoms with van der Waals surface area (Å²) in [6.45, 7) is 9.92. The number of aryl methyl sites for hydroxylation is 2. The monoisotopic (exact) mass is 454 g/mol. The first-order chi connectivity index (χ1) is 16.3. The van der Waals surface area contributed by atoms with Crippen molar-refractivity contribution < 1.29 is 14.3 Å². The van der Waals surface area contributed by atoms with Gasteiger partial charge in [0, 0.05) is 5.69 Å². The van der Waals surface area contributed by atoms with Crippen LogP contribution in [0.3, 0.4) is 0 Å². The number of nitrogens with zero attached hydrogens (tertiary/aromatic N) is 1. The number of ether oxygens (including phenoxy) is 1. The van der Waals surface area contributed by atoms with E-state index in [4.69, 9.17) is 4.74 Å². The molecule has 0 saturated carbocycles. The first kappa shape index (κ1) is 23.3. The molecule has 4 rings (SSSR count). The van der Waals surface area contributed by atoms with Gasteiger partial charge in [-0.1, -0.05) is 43.3 Å². The van der Waals surface area contributed by atoms with Gasteiger partial charge in [0.25, 0.3) is 11.8 Å². The molecule has 0 atom stereocenters. The van der Waals surface area contributed by atoms with E-state index in [9.17, 15) is 9.59 Å². The molecule has 5 heteroatoms. The molecular formula is C29H30N2O3. The lowest BCUT2D eigenvalue weighted by Crippen LogP contribution is -2.33. The van der Waals surface area contributed by atoms with E-state index in [2.05, 4.69) is 12.2 Å². The van der Waals surface area contributed by atoms with E-state index in [1.54, 1.807) is 0 Å². The molecule has 0 radical (unpaired) electrons. The van der Waals surface area contributed by atoms with Crippen LogP contribution in [-0.2, 0) is 16.0 Å². The average Bonchev–Trinajstić information content (AvgIpc) is 3.06. The summed E-state index contributed by atoms with van der Waals surface area (Å²) in [5.41, 5.74) is 5.76. The first-order valence-corrected chi connectivity index (χ1v) is 11.6. The summed E-state index contributed by atoms with van der Waals surface area (Å²) < 4.78 is 5.75.